The fourth-order valence-corrected chi connectivity index (χ4v) is 7.47. The minimum absolute atomic E-state index is 0.0356. The first-order valence-electron chi connectivity index (χ1n) is 19.7. The second-order valence-corrected chi connectivity index (χ2v) is 15.6. The Balaban J connectivity index is 1.35. The van der Waals surface area contributed by atoms with Gasteiger partial charge in [-0.05, 0) is 71.2 Å². The lowest BCUT2D eigenvalue weighted by Gasteiger charge is -2.27. The number of carboxylic acids is 1. The van der Waals surface area contributed by atoms with Crippen molar-refractivity contribution in [2.45, 2.75) is 69.2 Å². The summed E-state index contributed by atoms with van der Waals surface area (Å²) in [4.78, 5) is 82.4. The van der Waals surface area contributed by atoms with Crippen molar-refractivity contribution < 1.29 is 38.6 Å². The van der Waals surface area contributed by atoms with Crippen molar-refractivity contribution in [3.05, 3.63) is 148 Å². The van der Waals surface area contributed by atoms with E-state index in [2.05, 4.69) is 26.6 Å². The van der Waals surface area contributed by atoms with Crippen molar-refractivity contribution in [1.29, 1.82) is 0 Å². The SMILES string of the molecule is C[C@H](NC(=O)[C@@H]1Cc2ccc(cc2)OCC(=O)N[C@@H](Cc2cccs2)C(=O)N[C@H](Cc2ccc(-c3ccccc3)cc2)C(=O)N[C@@H](CCc2ccccc2)C(=O)N1)C(=O)O. The molecule has 4 aromatic carbocycles. The molecule has 0 saturated carbocycles. The summed E-state index contributed by atoms with van der Waals surface area (Å²) in [5, 5.41) is 25.1. The summed E-state index contributed by atoms with van der Waals surface area (Å²) in [5.74, 6) is -4.19. The molecule has 310 valence electrons. The Kier molecular flexibility index (Phi) is 14.8. The van der Waals surface area contributed by atoms with Crippen molar-refractivity contribution in [2.24, 2.45) is 0 Å². The Morgan fingerprint density at radius 1 is 0.700 bits per heavy atom. The van der Waals surface area contributed by atoms with E-state index in [1.807, 2.05) is 102 Å². The molecule has 1 aromatic heterocycles. The minimum atomic E-state index is -1.26. The smallest absolute Gasteiger partial charge is 0.325 e. The molecule has 5 aromatic rings. The standard InChI is InChI=1S/C46H47N5O8S/c1-29(46(57)58)47-43(54)38-26-32-16-21-35(22-17-32)59-28-41(52)48-40(27-36-13-8-24-60-36)45(56)51-39(25-31-14-19-34(20-15-31)33-11-6-3-7-12-33)44(55)49-37(42(53)50-38)23-18-30-9-4-2-5-10-30/h2-17,19-22,24,29,37-40H,18,23,25-28H2,1H3,(H,47,54)(H,48,52)(H,49,55)(H,50,53)(H,51,56)(H,57,58)/t29-,37-,38-,39+,40-/m0/s1. The normalized spacial score (nSPS) is 19.5. The number of thiophene rings is 1. The number of benzene rings is 4. The number of amides is 5. The molecule has 0 spiro atoms. The Bertz CT molecular complexity index is 2240. The lowest BCUT2D eigenvalue weighted by Crippen LogP contribution is -2.59. The molecule has 0 unspecified atom stereocenters. The average Bonchev–Trinajstić information content (AvgIpc) is 3.78. The van der Waals surface area contributed by atoms with Gasteiger partial charge in [-0.2, -0.15) is 0 Å². The van der Waals surface area contributed by atoms with Crippen LogP contribution in [0, 0.1) is 0 Å². The van der Waals surface area contributed by atoms with Crippen LogP contribution in [0.3, 0.4) is 0 Å². The van der Waals surface area contributed by atoms with Crippen molar-refractivity contribution >= 4 is 46.8 Å². The van der Waals surface area contributed by atoms with Crippen molar-refractivity contribution in [3.63, 3.8) is 0 Å². The highest BCUT2D eigenvalue weighted by atomic mass is 32.1. The van der Waals surface area contributed by atoms with Crippen LogP contribution >= 0.6 is 11.3 Å². The van der Waals surface area contributed by atoms with E-state index < -0.39 is 72.3 Å². The van der Waals surface area contributed by atoms with Gasteiger partial charge in [-0.3, -0.25) is 28.8 Å². The van der Waals surface area contributed by atoms with Crippen LogP contribution < -0.4 is 31.3 Å². The van der Waals surface area contributed by atoms with E-state index in [1.54, 1.807) is 24.3 Å². The molecule has 2 aliphatic heterocycles. The number of hydrogen-bond acceptors (Lipinski definition) is 8. The summed E-state index contributed by atoms with van der Waals surface area (Å²) in [6.07, 6.45) is 0.647. The summed E-state index contributed by atoms with van der Waals surface area (Å²) in [5.41, 5.74) is 4.18. The maximum atomic E-state index is 14.5. The largest absolute Gasteiger partial charge is 0.484 e. The molecule has 2 bridgehead atoms. The van der Waals surface area contributed by atoms with E-state index in [0.717, 1.165) is 27.1 Å². The summed E-state index contributed by atoms with van der Waals surface area (Å²) in [7, 11) is 0. The molecule has 60 heavy (non-hydrogen) atoms. The van der Waals surface area contributed by atoms with E-state index in [-0.39, 0.29) is 25.7 Å². The van der Waals surface area contributed by atoms with Crippen LogP contribution in [-0.4, -0.2) is 77.4 Å². The monoisotopic (exact) mass is 829 g/mol. The summed E-state index contributed by atoms with van der Waals surface area (Å²) in [6.45, 7) is 0.897. The van der Waals surface area contributed by atoms with Crippen LogP contribution in [0.1, 0.15) is 34.9 Å². The molecular formula is C46H47N5O8S. The third-order valence-corrected chi connectivity index (χ3v) is 11.0. The first kappa shape index (κ1) is 42.8. The number of aliphatic carboxylic acids is 1. The van der Waals surface area contributed by atoms with E-state index in [1.165, 1.54) is 18.3 Å². The first-order valence-corrected chi connectivity index (χ1v) is 20.5. The molecule has 0 radical (unpaired) electrons. The highest BCUT2D eigenvalue weighted by Crippen LogP contribution is 2.21. The molecule has 6 N–H and O–H groups in total. The zero-order valence-electron chi connectivity index (χ0n) is 33.0. The zero-order valence-corrected chi connectivity index (χ0v) is 33.8. The second kappa shape index (κ2) is 20.8. The molecule has 14 heteroatoms. The molecule has 13 nitrogen and oxygen atoms in total. The number of carbonyl (C=O) groups is 6. The predicted molar refractivity (Wildman–Crippen MR) is 227 cm³/mol. The minimum Gasteiger partial charge on any atom is -0.484 e. The third kappa shape index (κ3) is 12.4. The van der Waals surface area contributed by atoms with E-state index >= 15 is 0 Å². The lowest BCUT2D eigenvalue weighted by atomic mass is 9.99. The molecule has 3 heterocycles. The lowest BCUT2D eigenvalue weighted by molar-refractivity contribution is -0.141. The van der Waals surface area contributed by atoms with Gasteiger partial charge in [0, 0.05) is 24.1 Å². The Hall–Kier alpha value is -6.80. The topological polar surface area (TPSA) is 192 Å². The quantitative estimate of drug-likeness (QED) is 0.108. The number of rotatable bonds is 11. The van der Waals surface area contributed by atoms with Crippen LogP contribution in [0.4, 0.5) is 0 Å². The maximum Gasteiger partial charge on any atom is 0.325 e. The van der Waals surface area contributed by atoms with Crippen molar-refractivity contribution in [3.8, 4) is 16.9 Å². The zero-order chi connectivity index (χ0) is 42.4. The number of ether oxygens (including phenoxy) is 1. The van der Waals surface area contributed by atoms with Gasteiger partial charge in [0.05, 0.1) is 0 Å². The van der Waals surface area contributed by atoms with E-state index in [9.17, 15) is 33.9 Å². The fraction of sp³-hybridized carbons (Fsp3) is 0.261. The first-order chi connectivity index (χ1) is 29.0. The number of nitrogens with one attached hydrogen (secondary N) is 5. The number of carbonyl (C=O) groups excluding carboxylic acids is 5. The molecular weight excluding hydrogens is 783 g/mol. The second-order valence-electron chi connectivity index (χ2n) is 14.6. The molecule has 5 amide bonds. The molecule has 7 rings (SSSR count). The van der Waals surface area contributed by atoms with Crippen LogP contribution in [-0.2, 0) is 54.5 Å². The molecule has 0 aliphatic carbocycles. The van der Waals surface area contributed by atoms with E-state index in [0.29, 0.717) is 17.7 Å². The van der Waals surface area contributed by atoms with E-state index in [4.69, 9.17) is 4.74 Å². The third-order valence-electron chi connectivity index (χ3n) is 10.1. The predicted octanol–water partition coefficient (Wildman–Crippen LogP) is 4.00. The highest BCUT2D eigenvalue weighted by Gasteiger charge is 2.33. The van der Waals surface area contributed by atoms with Crippen LogP contribution in [0.5, 0.6) is 5.75 Å². The fourth-order valence-electron chi connectivity index (χ4n) is 6.72. The molecule has 2 aliphatic rings. The van der Waals surface area contributed by atoms with Gasteiger partial charge < -0.3 is 36.4 Å². The number of carboxylic acid groups (broad SMARTS) is 1. The van der Waals surface area contributed by atoms with Crippen molar-refractivity contribution in [2.75, 3.05) is 6.61 Å². The van der Waals surface area contributed by atoms with Gasteiger partial charge >= 0.3 is 5.97 Å². The summed E-state index contributed by atoms with van der Waals surface area (Å²) < 4.78 is 5.74. The van der Waals surface area contributed by atoms with Gasteiger partial charge in [0.2, 0.25) is 23.6 Å². The van der Waals surface area contributed by atoms with Gasteiger partial charge in [0.25, 0.3) is 5.91 Å². The number of hydrogen-bond donors (Lipinski definition) is 6. The molecule has 0 saturated heterocycles. The Labute approximate surface area is 351 Å². The Morgan fingerprint density at radius 3 is 1.97 bits per heavy atom. The molecule has 5 atom stereocenters. The van der Waals surface area contributed by atoms with Crippen LogP contribution in [0.25, 0.3) is 11.1 Å². The van der Waals surface area contributed by atoms with Gasteiger partial charge in [0.15, 0.2) is 6.61 Å². The number of fused-ring (bicyclic) bond motifs is 16. The highest BCUT2D eigenvalue weighted by molar-refractivity contribution is 7.09. The summed E-state index contributed by atoms with van der Waals surface area (Å²) in [6, 6.07) is 31.0. The van der Waals surface area contributed by atoms with Crippen LogP contribution in [0.15, 0.2) is 127 Å². The number of aryl methyl sites for hydroxylation is 1. The molecule has 0 fully saturated rings. The van der Waals surface area contributed by atoms with Crippen molar-refractivity contribution in [1.82, 2.24) is 26.6 Å². The van der Waals surface area contributed by atoms with Gasteiger partial charge in [0.1, 0.15) is 36.0 Å². The van der Waals surface area contributed by atoms with Gasteiger partial charge in [-0.1, -0.05) is 103 Å². The Morgan fingerprint density at radius 2 is 1.32 bits per heavy atom. The summed E-state index contributed by atoms with van der Waals surface area (Å²) >= 11 is 1.42. The van der Waals surface area contributed by atoms with Gasteiger partial charge in [-0.15, -0.1) is 11.3 Å². The average molecular weight is 830 g/mol. The maximum absolute atomic E-state index is 14.5. The van der Waals surface area contributed by atoms with Crippen LogP contribution in [0.2, 0.25) is 0 Å². The van der Waals surface area contributed by atoms with Gasteiger partial charge in [-0.25, -0.2) is 0 Å².